The van der Waals surface area contributed by atoms with Crippen LogP contribution in [0, 0.1) is 0 Å². The van der Waals surface area contributed by atoms with Gasteiger partial charge in [-0.25, -0.2) is 4.79 Å². The second-order valence-corrected chi connectivity index (χ2v) is 5.94. The Kier molecular flexibility index (Phi) is 5.47. The van der Waals surface area contributed by atoms with Crippen LogP contribution in [0.25, 0.3) is 0 Å². The first-order valence-electron chi connectivity index (χ1n) is 5.87. The molecule has 6 heteroatoms. The van der Waals surface area contributed by atoms with Crippen LogP contribution in [0.2, 0.25) is 10.0 Å². The van der Waals surface area contributed by atoms with Crippen LogP contribution in [-0.2, 0) is 4.74 Å². The summed E-state index contributed by atoms with van der Waals surface area (Å²) in [5, 5.41) is 3.67. The van der Waals surface area contributed by atoms with Crippen LogP contribution in [0.15, 0.2) is 18.2 Å². The van der Waals surface area contributed by atoms with Crippen molar-refractivity contribution < 1.29 is 9.53 Å². The zero-order valence-corrected chi connectivity index (χ0v) is 12.7. The number of hydrogen-bond acceptors (Lipinski definition) is 3. The summed E-state index contributed by atoms with van der Waals surface area (Å²) in [5.41, 5.74) is 5.81. The van der Waals surface area contributed by atoms with E-state index in [1.54, 1.807) is 39.0 Å². The molecule has 0 aliphatic heterocycles. The summed E-state index contributed by atoms with van der Waals surface area (Å²) in [5.74, 6) is 0. The molecule has 0 radical (unpaired) electrons. The third kappa shape index (κ3) is 5.27. The molecule has 106 valence electrons. The van der Waals surface area contributed by atoms with Gasteiger partial charge in [-0.15, -0.1) is 0 Å². The summed E-state index contributed by atoms with van der Waals surface area (Å²) in [7, 11) is 0. The molecule has 1 atom stereocenters. The van der Waals surface area contributed by atoms with Crippen molar-refractivity contribution in [1.29, 1.82) is 0 Å². The number of rotatable bonds is 3. The van der Waals surface area contributed by atoms with Crippen LogP contribution in [0.3, 0.4) is 0 Å². The van der Waals surface area contributed by atoms with E-state index < -0.39 is 17.7 Å². The predicted octanol–water partition coefficient (Wildman–Crippen LogP) is 3.52. The van der Waals surface area contributed by atoms with Gasteiger partial charge < -0.3 is 15.8 Å². The zero-order valence-electron chi connectivity index (χ0n) is 11.2. The average Bonchev–Trinajstić information content (AvgIpc) is 2.24. The topological polar surface area (TPSA) is 64.3 Å². The Morgan fingerprint density at radius 3 is 2.53 bits per heavy atom. The maximum atomic E-state index is 11.7. The summed E-state index contributed by atoms with van der Waals surface area (Å²) in [6.45, 7) is 5.58. The van der Waals surface area contributed by atoms with E-state index in [1.807, 2.05) is 0 Å². The van der Waals surface area contributed by atoms with Crippen molar-refractivity contribution in [2.24, 2.45) is 5.73 Å². The summed E-state index contributed by atoms with van der Waals surface area (Å²) in [6, 6.07) is 4.62. The van der Waals surface area contributed by atoms with Gasteiger partial charge in [0, 0.05) is 16.6 Å². The maximum absolute atomic E-state index is 11.7. The number of halogens is 2. The molecule has 4 nitrogen and oxygen atoms in total. The Bertz CT molecular complexity index is 458. The molecule has 0 bridgehead atoms. The number of nitrogens with two attached hydrogens (primary N) is 1. The second kappa shape index (κ2) is 6.46. The molecule has 0 heterocycles. The van der Waals surface area contributed by atoms with Crippen molar-refractivity contribution in [2.45, 2.75) is 32.4 Å². The standard InChI is InChI=1S/C13H18Cl2N2O2/c1-13(2,3)19-12(18)17-11(7-16)9-5-4-8(14)6-10(9)15/h4-6,11H,7,16H2,1-3H3,(H,17,18)/t11-/m0/s1. The fraction of sp³-hybridized carbons (Fsp3) is 0.462. The van der Waals surface area contributed by atoms with Crippen molar-refractivity contribution in [3.8, 4) is 0 Å². The summed E-state index contributed by atoms with van der Waals surface area (Å²) < 4.78 is 5.18. The summed E-state index contributed by atoms with van der Waals surface area (Å²) >= 11 is 11.9. The minimum atomic E-state index is -0.562. The Morgan fingerprint density at radius 1 is 1.42 bits per heavy atom. The number of carbonyl (C=O) groups is 1. The Hall–Kier alpha value is -0.970. The molecule has 0 aromatic heterocycles. The van der Waals surface area contributed by atoms with Crippen molar-refractivity contribution in [3.63, 3.8) is 0 Å². The Labute approximate surface area is 123 Å². The molecule has 0 spiro atoms. The van der Waals surface area contributed by atoms with Crippen LogP contribution in [-0.4, -0.2) is 18.2 Å². The lowest BCUT2D eigenvalue weighted by molar-refractivity contribution is 0.0505. The average molecular weight is 305 g/mol. The third-order valence-corrected chi connectivity index (χ3v) is 2.83. The molecule has 3 N–H and O–H groups in total. The van der Waals surface area contributed by atoms with Crippen molar-refractivity contribution >= 4 is 29.3 Å². The van der Waals surface area contributed by atoms with Gasteiger partial charge in [-0.05, 0) is 38.5 Å². The summed E-state index contributed by atoms with van der Waals surface area (Å²) in [4.78, 5) is 11.7. The predicted molar refractivity (Wildman–Crippen MR) is 77.6 cm³/mol. The van der Waals surface area contributed by atoms with Gasteiger partial charge in [-0.1, -0.05) is 29.3 Å². The molecule has 0 unspecified atom stereocenters. The highest BCUT2D eigenvalue weighted by molar-refractivity contribution is 6.35. The monoisotopic (exact) mass is 304 g/mol. The van der Waals surface area contributed by atoms with E-state index in [4.69, 9.17) is 33.7 Å². The van der Waals surface area contributed by atoms with Gasteiger partial charge in [0.25, 0.3) is 0 Å². The van der Waals surface area contributed by atoms with Crippen LogP contribution < -0.4 is 11.1 Å². The first-order valence-corrected chi connectivity index (χ1v) is 6.63. The molecule has 19 heavy (non-hydrogen) atoms. The highest BCUT2D eigenvalue weighted by atomic mass is 35.5. The number of amides is 1. The number of carbonyl (C=O) groups excluding carboxylic acids is 1. The number of alkyl carbamates (subject to hydrolysis) is 1. The van der Waals surface area contributed by atoms with Crippen LogP contribution in [0.4, 0.5) is 4.79 Å². The number of benzene rings is 1. The minimum absolute atomic E-state index is 0.209. The largest absolute Gasteiger partial charge is 0.444 e. The van der Waals surface area contributed by atoms with E-state index in [0.29, 0.717) is 15.6 Å². The molecule has 0 fully saturated rings. The van der Waals surface area contributed by atoms with Crippen molar-refractivity contribution in [2.75, 3.05) is 6.54 Å². The second-order valence-electron chi connectivity index (χ2n) is 5.10. The minimum Gasteiger partial charge on any atom is -0.444 e. The van der Waals surface area contributed by atoms with E-state index in [1.165, 1.54) is 0 Å². The summed E-state index contributed by atoms with van der Waals surface area (Å²) in [6.07, 6.45) is -0.533. The van der Waals surface area contributed by atoms with Crippen molar-refractivity contribution in [1.82, 2.24) is 5.32 Å². The molecular weight excluding hydrogens is 287 g/mol. The van der Waals surface area contributed by atoms with Gasteiger partial charge >= 0.3 is 6.09 Å². The lowest BCUT2D eigenvalue weighted by atomic mass is 10.1. The third-order valence-electron chi connectivity index (χ3n) is 2.26. The van der Waals surface area contributed by atoms with Gasteiger partial charge in [0.15, 0.2) is 0 Å². The van der Waals surface area contributed by atoms with E-state index in [2.05, 4.69) is 5.32 Å². The first-order chi connectivity index (χ1) is 8.73. The molecule has 1 amide bonds. The zero-order chi connectivity index (χ0) is 14.6. The van der Waals surface area contributed by atoms with Gasteiger partial charge in [0.1, 0.15) is 5.60 Å². The lowest BCUT2D eigenvalue weighted by Crippen LogP contribution is -2.37. The Balaban J connectivity index is 2.81. The quantitative estimate of drug-likeness (QED) is 0.898. The number of hydrogen-bond donors (Lipinski definition) is 2. The number of nitrogens with one attached hydrogen (secondary N) is 1. The van der Waals surface area contributed by atoms with Crippen LogP contribution >= 0.6 is 23.2 Å². The maximum Gasteiger partial charge on any atom is 0.408 e. The molecule has 0 aliphatic rings. The highest BCUT2D eigenvalue weighted by Gasteiger charge is 2.21. The van der Waals surface area contributed by atoms with Crippen molar-refractivity contribution in [3.05, 3.63) is 33.8 Å². The smallest absolute Gasteiger partial charge is 0.408 e. The van der Waals surface area contributed by atoms with E-state index in [0.717, 1.165) is 0 Å². The van der Waals surface area contributed by atoms with E-state index in [9.17, 15) is 4.79 Å². The molecule has 1 rings (SSSR count). The normalized spacial score (nSPS) is 12.9. The molecule has 1 aromatic rings. The Morgan fingerprint density at radius 2 is 2.05 bits per heavy atom. The highest BCUT2D eigenvalue weighted by Crippen LogP contribution is 2.26. The van der Waals surface area contributed by atoms with E-state index in [-0.39, 0.29) is 6.54 Å². The first kappa shape index (κ1) is 16.1. The molecule has 0 saturated carbocycles. The number of ether oxygens (including phenoxy) is 1. The van der Waals surface area contributed by atoms with Gasteiger partial charge in [0.2, 0.25) is 0 Å². The fourth-order valence-corrected chi connectivity index (χ4v) is 2.04. The van der Waals surface area contributed by atoms with Gasteiger partial charge in [0.05, 0.1) is 6.04 Å². The fourth-order valence-electron chi connectivity index (χ4n) is 1.50. The molecular formula is C13H18Cl2N2O2. The molecule has 1 aromatic carbocycles. The lowest BCUT2D eigenvalue weighted by Gasteiger charge is -2.23. The van der Waals surface area contributed by atoms with Crippen LogP contribution in [0.1, 0.15) is 32.4 Å². The van der Waals surface area contributed by atoms with E-state index >= 15 is 0 Å². The molecule has 0 saturated heterocycles. The van der Waals surface area contributed by atoms with Gasteiger partial charge in [-0.2, -0.15) is 0 Å². The molecule has 0 aliphatic carbocycles. The van der Waals surface area contributed by atoms with Gasteiger partial charge in [-0.3, -0.25) is 0 Å². The SMILES string of the molecule is CC(C)(C)OC(=O)N[C@@H](CN)c1ccc(Cl)cc1Cl. The van der Waals surface area contributed by atoms with Crippen LogP contribution in [0.5, 0.6) is 0 Å².